The summed E-state index contributed by atoms with van der Waals surface area (Å²) < 4.78 is 10.6. The lowest BCUT2D eigenvalue weighted by molar-refractivity contribution is -0.161. The summed E-state index contributed by atoms with van der Waals surface area (Å²) in [4.78, 5) is 24.2. The van der Waals surface area contributed by atoms with Gasteiger partial charge in [0.05, 0.1) is 6.61 Å². The number of carbonyl (C=O) groups is 2. The molecule has 44 heavy (non-hydrogen) atoms. The van der Waals surface area contributed by atoms with E-state index in [0.717, 1.165) is 77.0 Å². The maximum atomic E-state index is 12.1. The minimum atomic E-state index is -0.781. The number of esters is 2. The highest BCUT2D eigenvalue weighted by atomic mass is 16.6. The molecule has 0 spiro atoms. The molecule has 254 valence electrons. The molecule has 0 aromatic rings. The predicted octanol–water partition coefficient (Wildman–Crippen LogP) is 11.1. The van der Waals surface area contributed by atoms with Gasteiger partial charge in [-0.3, -0.25) is 9.59 Å². The van der Waals surface area contributed by atoms with Crippen molar-refractivity contribution in [2.24, 2.45) is 0 Å². The molecule has 0 aliphatic carbocycles. The van der Waals surface area contributed by atoms with Crippen LogP contribution in [-0.4, -0.2) is 36.4 Å². The van der Waals surface area contributed by atoms with Crippen LogP contribution in [0.4, 0.5) is 0 Å². The van der Waals surface area contributed by atoms with Gasteiger partial charge in [0.1, 0.15) is 6.61 Å². The molecule has 0 bridgehead atoms. The van der Waals surface area contributed by atoms with E-state index in [1.165, 1.54) is 64.2 Å². The number of unbranched alkanes of at least 4 members (excludes halogenated alkanes) is 16. The Kier molecular flexibility index (Phi) is 33.6. The highest BCUT2D eigenvalue weighted by Crippen LogP contribution is 2.12. The highest BCUT2D eigenvalue weighted by Gasteiger charge is 2.16. The van der Waals surface area contributed by atoms with Gasteiger partial charge in [-0.15, -0.1) is 0 Å². The third kappa shape index (κ3) is 32.8. The van der Waals surface area contributed by atoms with Crippen molar-refractivity contribution < 1.29 is 24.2 Å². The number of carbonyl (C=O) groups excluding carboxylic acids is 2. The average molecular weight is 617 g/mol. The number of aliphatic hydroxyl groups excluding tert-OH is 1. The second-order valence-electron chi connectivity index (χ2n) is 11.9. The molecule has 0 aromatic heterocycles. The van der Waals surface area contributed by atoms with Gasteiger partial charge in [0.25, 0.3) is 0 Å². The SMILES string of the molecule is CC/C=C\C/C=C\C/C=C\CCCCCCCC(=O)OC[C@@H](CO)OC(=O)CCCCCCC/C=C\CCCCCCCC. The molecule has 0 rings (SSSR count). The zero-order valence-electron chi connectivity index (χ0n) is 28.7. The van der Waals surface area contributed by atoms with Crippen molar-refractivity contribution in [3.63, 3.8) is 0 Å². The van der Waals surface area contributed by atoms with Gasteiger partial charge in [0.2, 0.25) is 0 Å². The van der Waals surface area contributed by atoms with E-state index in [4.69, 9.17) is 9.47 Å². The summed E-state index contributed by atoms with van der Waals surface area (Å²) in [7, 11) is 0. The molecule has 0 amide bonds. The number of hydrogen-bond acceptors (Lipinski definition) is 5. The van der Waals surface area contributed by atoms with Gasteiger partial charge in [0.15, 0.2) is 6.10 Å². The predicted molar refractivity (Wildman–Crippen MR) is 187 cm³/mol. The van der Waals surface area contributed by atoms with Crippen LogP contribution in [0.5, 0.6) is 0 Å². The van der Waals surface area contributed by atoms with Crippen LogP contribution in [0, 0.1) is 0 Å². The monoisotopic (exact) mass is 617 g/mol. The summed E-state index contributed by atoms with van der Waals surface area (Å²) in [6, 6.07) is 0. The average Bonchev–Trinajstić information content (AvgIpc) is 3.02. The number of rotatable bonds is 32. The van der Waals surface area contributed by atoms with E-state index in [-0.39, 0.29) is 25.2 Å². The van der Waals surface area contributed by atoms with Gasteiger partial charge in [-0.05, 0) is 70.6 Å². The molecule has 0 aliphatic rings. The van der Waals surface area contributed by atoms with E-state index in [1.54, 1.807) is 0 Å². The zero-order chi connectivity index (χ0) is 32.2. The normalized spacial score (nSPS) is 12.7. The molecular weight excluding hydrogens is 548 g/mol. The molecule has 1 atom stereocenters. The van der Waals surface area contributed by atoms with E-state index in [0.29, 0.717) is 12.8 Å². The van der Waals surface area contributed by atoms with Crippen LogP contribution in [0.3, 0.4) is 0 Å². The van der Waals surface area contributed by atoms with Crippen molar-refractivity contribution in [2.45, 2.75) is 174 Å². The molecule has 0 fully saturated rings. The van der Waals surface area contributed by atoms with Gasteiger partial charge in [-0.25, -0.2) is 0 Å². The molecule has 5 heteroatoms. The van der Waals surface area contributed by atoms with Crippen molar-refractivity contribution in [3.05, 3.63) is 48.6 Å². The number of ether oxygens (including phenoxy) is 2. The van der Waals surface area contributed by atoms with E-state index in [2.05, 4.69) is 62.5 Å². The second kappa shape index (κ2) is 35.3. The molecule has 0 aromatic carbocycles. The fourth-order valence-corrected chi connectivity index (χ4v) is 4.86. The first-order valence-corrected chi connectivity index (χ1v) is 18.2. The quantitative estimate of drug-likeness (QED) is 0.0462. The largest absolute Gasteiger partial charge is 0.462 e. The van der Waals surface area contributed by atoms with E-state index in [1.807, 2.05) is 0 Å². The van der Waals surface area contributed by atoms with Crippen LogP contribution in [-0.2, 0) is 19.1 Å². The van der Waals surface area contributed by atoms with Gasteiger partial charge in [0, 0.05) is 12.8 Å². The lowest BCUT2D eigenvalue weighted by Crippen LogP contribution is -2.28. The Labute approximate surface area is 271 Å². The van der Waals surface area contributed by atoms with Crippen LogP contribution in [0.15, 0.2) is 48.6 Å². The first kappa shape index (κ1) is 41.9. The third-order valence-electron chi connectivity index (χ3n) is 7.61. The Morgan fingerprint density at radius 2 is 0.977 bits per heavy atom. The maximum absolute atomic E-state index is 12.1. The minimum Gasteiger partial charge on any atom is -0.462 e. The maximum Gasteiger partial charge on any atom is 0.306 e. The third-order valence-corrected chi connectivity index (χ3v) is 7.61. The lowest BCUT2D eigenvalue weighted by Gasteiger charge is -2.15. The van der Waals surface area contributed by atoms with Crippen LogP contribution in [0.1, 0.15) is 168 Å². The highest BCUT2D eigenvalue weighted by molar-refractivity contribution is 5.70. The summed E-state index contributed by atoms with van der Waals surface area (Å²) >= 11 is 0. The second-order valence-corrected chi connectivity index (χ2v) is 11.9. The van der Waals surface area contributed by atoms with Gasteiger partial charge in [-0.2, -0.15) is 0 Å². The summed E-state index contributed by atoms with van der Waals surface area (Å²) in [5.74, 6) is -0.623. The Morgan fingerprint density at radius 1 is 0.545 bits per heavy atom. The minimum absolute atomic E-state index is 0.0790. The van der Waals surface area contributed by atoms with Crippen LogP contribution < -0.4 is 0 Å². The van der Waals surface area contributed by atoms with E-state index in [9.17, 15) is 14.7 Å². The Hall–Kier alpha value is -2.14. The topological polar surface area (TPSA) is 72.8 Å². The summed E-state index contributed by atoms with van der Waals surface area (Å²) in [5.41, 5.74) is 0. The first-order valence-electron chi connectivity index (χ1n) is 18.2. The molecule has 0 saturated heterocycles. The molecule has 0 heterocycles. The molecule has 1 N–H and O–H groups in total. The molecule has 5 nitrogen and oxygen atoms in total. The number of aliphatic hydroxyl groups is 1. The van der Waals surface area contributed by atoms with Gasteiger partial charge >= 0.3 is 11.9 Å². The fourth-order valence-electron chi connectivity index (χ4n) is 4.86. The van der Waals surface area contributed by atoms with Crippen LogP contribution in [0.2, 0.25) is 0 Å². The lowest BCUT2D eigenvalue weighted by atomic mass is 10.1. The number of allylic oxidation sites excluding steroid dienone is 8. The Balaban J connectivity index is 3.62. The van der Waals surface area contributed by atoms with E-state index < -0.39 is 6.10 Å². The fraction of sp³-hybridized carbons (Fsp3) is 0.744. The van der Waals surface area contributed by atoms with Crippen molar-refractivity contribution in [1.82, 2.24) is 0 Å². The van der Waals surface area contributed by atoms with Gasteiger partial charge < -0.3 is 14.6 Å². The van der Waals surface area contributed by atoms with Crippen LogP contribution in [0.25, 0.3) is 0 Å². The molecule has 0 saturated carbocycles. The molecule has 0 aliphatic heterocycles. The van der Waals surface area contributed by atoms with Crippen molar-refractivity contribution >= 4 is 11.9 Å². The Morgan fingerprint density at radius 3 is 1.50 bits per heavy atom. The standard InChI is InChI=1S/C39H68O5/c1-3-5-7-9-11-13-15-17-19-21-23-25-27-29-31-33-38(41)43-36-37(35-40)44-39(42)34-32-30-28-26-24-22-20-18-16-14-12-10-8-6-4-2/h5,7,11,13,17-20,37,40H,3-4,6,8-10,12,14-16,21-36H2,1-2H3/b7-5-,13-11-,19-17-,20-18-/t37-/m1/s1. The Bertz CT molecular complexity index is 752. The molecular formula is C39H68O5. The van der Waals surface area contributed by atoms with Crippen molar-refractivity contribution in [3.8, 4) is 0 Å². The van der Waals surface area contributed by atoms with Gasteiger partial charge in [-0.1, -0.05) is 133 Å². The first-order chi connectivity index (χ1) is 21.6. The van der Waals surface area contributed by atoms with Crippen molar-refractivity contribution in [2.75, 3.05) is 13.2 Å². The molecule has 0 unspecified atom stereocenters. The van der Waals surface area contributed by atoms with Crippen molar-refractivity contribution in [1.29, 1.82) is 0 Å². The number of hydrogen-bond donors (Lipinski definition) is 1. The zero-order valence-corrected chi connectivity index (χ0v) is 28.7. The summed E-state index contributed by atoms with van der Waals surface area (Å²) in [5, 5.41) is 9.52. The summed E-state index contributed by atoms with van der Waals surface area (Å²) in [6.45, 7) is 3.98. The van der Waals surface area contributed by atoms with E-state index >= 15 is 0 Å². The summed E-state index contributed by atoms with van der Waals surface area (Å²) in [6.07, 6.45) is 43.0. The smallest absolute Gasteiger partial charge is 0.306 e. The van der Waals surface area contributed by atoms with Crippen LogP contribution >= 0.6 is 0 Å². The molecule has 0 radical (unpaired) electrons.